The lowest BCUT2D eigenvalue weighted by molar-refractivity contribution is -0.143. The minimum Gasteiger partial charge on any atom is -0.322 e. The lowest BCUT2D eigenvalue weighted by atomic mass is 9.99. The molecule has 1 amide bonds. The molecule has 0 atom stereocenters. The summed E-state index contributed by atoms with van der Waals surface area (Å²) in [7, 11) is 0. The van der Waals surface area contributed by atoms with Crippen molar-refractivity contribution < 1.29 is 31.1 Å². The molecule has 0 aliphatic carbocycles. The van der Waals surface area contributed by atoms with Gasteiger partial charge >= 0.3 is 12.4 Å². The maximum atomic E-state index is 13.2. The molecule has 31 heavy (non-hydrogen) atoms. The van der Waals surface area contributed by atoms with Crippen molar-refractivity contribution in [1.82, 2.24) is 9.78 Å². The van der Waals surface area contributed by atoms with Crippen molar-refractivity contribution in [3.05, 3.63) is 76.1 Å². The number of aryl methyl sites for hydroxylation is 3. The largest absolute Gasteiger partial charge is 0.435 e. The summed E-state index contributed by atoms with van der Waals surface area (Å²) in [5, 5.41) is 5.71. The summed E-state index contributed by atoms with van der Waals surface area (Å²) in [4.78, 5) is 12.6. The number of amides is 1. The predicted octanol–water partition coefficient (Wildman–Crippen LogP) is 6.09. The number of hydrogen-bond acceptors (Lipinski definition) is 2. The summed E-state index contributed by atoms with van der Waals surface area (Å²) in [5.41, 5.74) is -0.182. The van der Waals surface area contributed by atoms with Gasteiger partial charge in [0.1, 0.15) is 5.69 Å². The Morgan fingerprint density at radius 3 is 1.90 bits per heavy atom. The van der Waals surface area contributed by atoms with Gasteiger partial charge in [0, 0.05) is 17.3 Å². The second-order valence-corrected chi connectivity index (χ2v) is 7.10. The van der Waals surface area contributed by atoms with Gasteiger partial charge in [0.05, 0.1) is 5.69 Å². The van der Waals surface area contributed by atoms with Crippen LogP contribution < -0.4 is 5.32 Å². The number of anilines is 1. The molecular formula is C21H17F6N3O. The van der Waals surface area contributed by atoms with Gasteiger partial charge in [0.2, 0.25) is 0 Å². The van der Waals surface area contributed by atoms with Gasteiger partial charge in [-0.15, -0.1) is 0 Å². The SMILES string of the molecule is Cc1cc(C)c(C(=O)Nc2ccc(-n3nc(C(F)(F)F)cc3C(F)(F)F)cc2)c(C)c1. The second kappa shape index (κ2) is 7.75. The van der Waals surface area contributed by atoms with Gasteiger partial charge in [0.25, 0.3) is 5.91 Å². The van der Waals surface area contributed by atoms with Crippen LogP contribution in [0.25, 0.3) is 5.69 Å². The highest BCUT2D eigenvalue weighted by Gasteiger charge is 2.42. The molecule has 1 heterocycles. The number of alkyl halides is 6. The lowest BCUT2D eigenvalue weighted by Crippen LogP contribution is -2.16. The quantitative estimate of drug-likeness (QED) is 0.500. The van der Waals surface area contributed by atoms with Crippen molar-refractivity contribution in [3.8, 4) is 5.69 Å². The monoisotopic (exact) mass is 441 g/mol. The van der Waals surface area contributed by atoms with E-state index in [-0.39, 0.29) is 22.1 Å². The number of benzene rings is 2. The summed E-state index contributed by atoms with van der Waals surface area (Å²) in [6.45, 7) is 5.47. The van der Waals surface area contributed by atoms with Crippen molar-refractivity contribution >= 4 is 11.6 Å². The van der Waals surface area contributed by atoms with E-state index in [1.807, 2.05) is 19.1 Å². The summed E-state index contributed by atoms with van der Waals surface area (Å²) in [5.74, 6) is -0.405. The van der Waals surface area contributed by atoms with Gasteiger partial charge < -0.3 is 5.32 Å². The van der Waals surface area contributed by atoms with E-state index in [9.17, 15) is 31.1 Å². The lowest BCUT2D eigenvalue weighted by Gasteiger charge is -2.13. The molecule has 164 valence electrons. The predicted molar refractivity (Wildman–Crippen MR) is 102 cm³/mol. The van der Waals surface area contributed by atoms with Crippen LogP contribution in [0.5, 0.6) is 0 Å². The Hall–Kier alpha value is -3.30. The van der Waals surface area contributed by atoms with Gasteiger partial charge in [-0.1, -0.05) is 17.7 Å². The Morgan fingerprint density at radius 2 is 1.42 bits per heavy atom. The average molecular weight is 441 g/mol. The zero-order valence-corrected chi connectivity index (χ0v) is 16.6. The van der Waals surface area contributed by atoms with Crippen LogP contribution in [0.15, 0.2) is 42.5 Å². The van der Waals surface area contributed by atoms with Crippen molar-refractivity contribution in [1.29, 1.82) is 0 Å². The van der Waals surface area contributed by atoms with Crippen molar-refractivity contribution in [2.75, 3.05) is 5.32 Å². The van der Waals surface area contributed by atoms with E-state index in [1.165, 1.54) is 12.1 Å². The minimum atomic E-state index is -5.04. The van der Waals surface area contributed by atoms with Crippen LogP contribution in [0.2, 0.25) is 0 Å². The maximum Gasteiger partial charge on any atom is 0.435 e. The van der Waals surface area contributed by atoms with Crippen LogP contribution in [-0.2, 0) is 12.4 Å². The highest BCUT2D eigenvalue weighted by molar-refractivity contribution is 6.06. The zero-order chi connectivity index (χ0) is 23.1. The number of aromatic nitrogens is 2. The summed E-state index contributed by atoms with van der Waals surface area (Å²) >= 11 is 0. The Labute approximate surface area is 173 Å². The van der Waals surface area contributed by atoms with E-state index < -0.39 is 29.6 Å². The van der Waals surface area contributed by atoms with E-state index in [2.05, 4.69) is 10.4 Å². The fourth-order valence-electron chi connectivity index (χ4n) is 3.34. The molecule has 0 fully saturated rings. The highest BCUT2D eigenvalue weighted by atomic mass is 19.4. The molecule has 0 radical (unpaired) electrons. The molecule has 0 spiro atoms. The minimum absolute atomic E-state index is 0.0430. The van der Waals surface area contributed by atoms with Crippen LogP contribution in [-0.4, -0.2) is 15.7 Å². The van der Waals surface area contributed by atoms with Gasteiger partial charge in [0.15, 0.2) is 5.69 Å². The van der Waals surface area contributed by atoms with Gasteiger partial charge in [-0.2, -0.15) is 31.4 Å². The number of carbonyl (C=O) groups is 1. The fraction of sp³-hybridized carbons (Fsp3) is 0.238. The number of nitrogens with zero attached hydrogens (tertiary/aromatic N) is 2. The first-order valence-corrected chi connectivity index (χ1v) is 9.01. The van der Waals surface area contributed by atoms with E-state index >= 15 is 0 Å². The molecule has 1 aromatic heterocycles. The average Bonchev–Trinajstić information content (AvgIpc) is 3.07. The number of rotatable bonds is 3. The zero-order valence-electron chi connectivity index (χ0n) is 16.6. The van der Waals surface area contributed by atoms with E-state index in [0.717, 1.165) is 28.8 Å². The van der Waals surface area contributed by atoms with E-state index in [4.69, 9.17) is 0 Å². The van der Waals surface area contributed by atoms with Gasteiger partial charge in [-0.25, -0.2) is 4.68 Å². The van der Waals surface area contributed by atoms with Crippen molar-refractivity contribution in [2.24, 2.45) is 0 Å². The molecular weight excluding hydrogens is 424 g/mol. The third-order valence-corrected chi connectivity index (χ3v) is 4.56. The van der Waals surface area contributed by atoms with E-state index in [0.29, 0.717) is 5.56 Å². The molecule has 1 N–H and O–H groups in total. The molecule has 0 aliphatic heterocycles. The van der Waals surface area contributed by atoms with Crippen LogP contribution in [0.4, 0.5) is 32.0 Å². The van der Waals surface area contributed by atoms with Gasteiger partial charge in [-0.05, 0) is 56.2 Å². The summed E-state index contributed by atoms with van der Waals surface area (Å²) in [6.07, 6.45) is -10.1. The Balaban J connectivity index is 1.91. The molecule has 0 bridgehead atoms. The molecule has 0 aliphatic rings. The van der Waals surface area contributed by atoms with Crippen LogP contribution >= 0.6 is 0 Å². The molecule has 3 rings (SSSR count). The molecule has 3 aromatic rings. The smallest absolute Gasteiger partial charge is 0.322 e. The molecule has 0 saturated carbocycles. The maximum absolute atomic E-state index is 13.2. The highest BCUT2D eigenvalue weighted by Crippen LogP contribution is 2.36. The first kappa shape index (κ1) is 22.4. The first-order chi connectivity index (χ1) is 14.3. The number of nitrogens with one attached hydrogen (secondary N) is 1. The number of carbonyl (C=O) groups excluding carboxylic acids is 1. The van der Waals surface area contributed by atoms with Crippen LogP contribution in [0.3, 0.4) is 0 Å². The normalized spacial score (nSPS) is 12.2. The topological polar surface area (TPSA) is 46.9 Å². The van der Waals surface area contributed by atoms with Crippen LogP contribution in [0.1, 0.15) is 38.4 Å². The third-order valence-electron chi connectivity index (χ3n) is 4.56. The Kier molecular flexibility index (Phi) is 5.60. The van der Waals surface area contributed by atoms with Crippen molar-refractivity contribution in [2.45, 2.75) is 33.1 Å². The molecule has 10 heteroatoms. The first-order valence-electron chi connectivity index (χ1n) is 9.01. The summed E-state index contributed by atoms with van der Waals surface area (Å²) < 4.78 is 78.3. The van der Waals surface area contributed by atoms with E-state index in [1.54, 1.807) is 13.8 Å². The fourth-order valence-corrected chi connectivity index (χ4v) is 3.34. The van der Waals surface area contributed by atoms with Crippen molar-refractivity contribution in [3.63, 3.8) is 0 Å². The van der Waals surface area contributed by atoms with Gasteiger partial charge in [-0.3, -0.25) is 4.79 Å². The number of halogens is 6. The Morgan fingerprint density at radius 1 is 0.871 bits per heavy atom. The third kappa shape index (κ3) is 4.73. The number of hydrogen-bond donors (Lipinski definition) is 1. The molecule has 4 nitrogen and oxygen atoms in total. The molecule has 2 aromatic carbocycles. The summed E-state index contributed by atoms with van der Waals surface area (Å²) in [6, 6.07) is 8.53. The van der Waals surface area contributed by atoms with Crippen LogP contribution in [0, 0.1) is 20.8 Å². The molecule has 0 unspecified atom stereocenters. The standard InChI is InChI=1S/C21H17F6N3O/c1-11-8-12(2)18(13(3)9-11)19(31)28-14-4-6-15(7-5-14)30-17(21(25,26)27)10-16(29-30)20(22,23)24/h4-10H,1-3H3,(H,28,31). The molecule has 0 saturated heterocycles. The Bertz CT molecular complexity index is 1100. The second-order valence-electron chi connectivity index (χ2n) is 7.10.